The van der Waals surface area contributed by atoms with Gasteiger partial charge in [0.1, 0.15) is 5.82 Å². The number of nitriles is 1. The minimum Gasteiger partial charge on any atom is -0.384 e. The van der Waals surface area contributed by atoms with Crippen molar-refractivity contribution >= 4 is 17.5 Å². The number of anilines is 2. The molecule has 3 rings (SSSR count). The molecule has 1 aromatic rings. The molecule has 0 unspecified atom stereocenters. The molecule has 2 aliphatic carbocycles. The quantitative estimate of drug-likeness (QED) is 0.329. The Bertz CT molecular complexity index is 544. The lowest BCUT2D eigenvalue weighted by Crippen LogP contribution is -2.30. The minimum absolute atomic E-state index is 0.332. The Morgan fingerprint density at radius 1 is 1.40 bits per heavy atom. The third kappa shape index (κ3) is 2.67. The molecule has 2 fully saturated rings. The molecule has 6 nitrogen and oxygen atoms in total. The molecular formula is C14H18N6. The van der Waals surface area contributed by atoms with Gasteiger partial charge in [-0.2, -0.15) is 5.26 Å². The Balaban J connectivity index is 1.72. The van der Waals surface area contributed by atoms with Gasteiger partial charge in [-0.1, -0.05) is 6.42 Å². The maximum atomic E-state index is 8.85. The van der Waals surface area contributed by atoms with Gasteiger partial charge in [-0.25, -0.2) is 9.98 Å². The molecule has 4 N–H and O–H groups in total. The van der Waals surface area contributed by atoms with Crippen molar-refractivity contribution in [2.75, 3.05) is 11.1 Å². The van der Waals surface area contributed by atoms with E-state index in [9.17, 15) is 0 Å². The maximum Gasteiger partial charge on any atom is 0.209 e. The van der Waals surface area contributed by atoms with Crippen LogP contribution in [0.2, 0.25) is 0 Å². The summed E-state index contributed by atoms with van der Waals surface area (Å²) in [6.07, 6.45) is 8.60. The molecule has 2 bridgehead atoms. The second-order valence-electron chi connectivity index (χ2n) is 5.55. The van der Waals surface area contributed by atoms with E-state index in [0.29, 0.717) is 23.7 Å². The van der Waals surface area contributed by atoms with Gasteiger partial charge in [-0.15, -0.1) is 0 Å². The van der Waals surface area contributed by atoms with Crippen LogP contribution < -0.4 is 16.4 Å². The zero-order valence-corrected chi connectivity index (χ0v) is 11.2. The van der Waals surface area contributed by atoms with Crippen LogP contribution in [-0.4, -0.2) is 17.0 Å². The van der Waals surface area contributed by atoms with Gasteiger partial charge in [0.2, 0.25) is 5.96 Å². The van der Waals surface area contributed by atoms with E-state index in [-0.39, 0.29) is 0 Å². The van der Waals surface area contributed by atoms with Crippen molar-refractivity contribution in [3.8, 4) is 6.19 Å². The average Bonchev–Trinajstić information content (AvgIpc) is 3.04. The van der Waals surface area contributed by atoms with Crippen molar-refractivity contribution in [2.45, 2.75) is 31.7 Å². The van der Waals surface area contributed by atoms with Gasteiger partial charge in [0, 0.05) is 0 Å². The largest absolute Gasteiger partial charge is 0.384 e. The number of nitrogens with one attached hydrogen (secondary N) is 2. The van der Waals surface area contributed by atoms with Gasteiger partial charge in [-0.05, 0) is 43.2 Å². The first-order valence-electron chi connectivity index (χ1n) is 6.96. The highest BCUT2D eigenvalue weighted by atomic mass is 15.2. The fourth-order valence-corrected chi connectivity index (χ4v) is 3.30. The third-order valence-corrected chi connectivity index (χ3v) is 4.22. The summed E-state index contributed by atoms with van der Waals surface area (Å²) in [4.78, 5) is 8.69. The molecule has 104 valence electrons. The lowest BCUT2D eigenvalue weighted by Gasteiger charge is -2.19. The van der Waals surface area contributed by atoms with Crippen LogP contribution in [-0.2, 0) is 0 Å². The smallest absolute Gasteiger partial charge is 0.209 e. The number of pyridine rings is 1. The van der Waals surface area contributed by atoms with Crippen molar-refractivity contribution in [2.24, 2.45) is 16.8 Å². The summed E-state index contributed by atoms with van der Waals surface area (Å²) in [6, 6.07) is 3.86. The number of nitrogens with two attached hydrogens (primary N) is 1. The minimum atomic E-state index is 0.332. The number of hydrogen-bond acceptors (Lipinski definition) is 4. The molecule has 0 aromatic carbocycles. The van der Waals surface area contributed by atoms with Crippen LogP contribution in [0.5, 0.6) is 0 Å². The molecule has 6 heteroatoms. The van der Waals surface area contributed by atoms with Gasteiger partial charge in [0.25, 0.3) is 0 Å². The van der Waals surface area contributed by atoms with Crippen LogP contribution in [0.15, 0.2) is 23.3 Å². The molecule has 0 spiro atoms. The Morgan fingerprint density at radius 2 is 2.30 bits per heavy atom. The molecule has 1 heterocycles. The predicted molar refractivity (Wildman–Crippen MR) is 77.7 cm³/mol. The van der Waals surface area contributed by atoms with E-state index < -0.39 is 0 Å². The van der Waals surface area contributed by atoms with Crippen LogP contribution in [0.4, 0.5) is 11.5 Å². The normalized spacial score (nSPS) is 28.1. The number of fused-ring (bicyclic) bond motifs is 2. The van der Waals surface area contributed by atoms with E-state index >= 15 is 0 Å². The van der Waals surface area contributed by atoms with E-state index in [4.69, 9.17) is 11.0 Å². The summed E-state index contributed by atoms with van der Waals surface area (Å²) in [5.74, 6) is 2.48. The average molecular weight is 270 g/mol. The van der Waals surface area contributed by atoms with Crippen LogP contribution in [0, 0.1) is 23.3 Å². The zero-order valence-electron chi connectivity index (χ0n) is 11.2. The lowest BCUT2D eigenvalue weighted by molar-refractivity contribution is 0.420. The number of nitrogen functional groups attached to an aromatic ring is 1. The summed E-state index contributed by atoms with van der Waals surface area (Å²) in [5, 5.41) is 14.6. The molecule has 0 radical (unpaired) electrons. The molecule has 2 saturated carbocycles. The SMILES string of the molecule is N#CNC(=N[C@@H]1C[C@@H]2CC[C@H]1C2)Nc1ccc(N)nc1. The molecule has 2 aliphatic rings. The van der Waals surface area contributed by atoms with E-state index in [1.807, 2.05) is 12.3 Å². The highest BCUT2D eigenvalue weighted by Gasteiger charge is 2.39. The fourth-order valence-electron chi connectivity index (χ4n) is 3.30. The second-order valence-corrected chi connectivity index (χ2v) is 5.55. The van der Waals surface area contributed by atoms with Crippen molar-refractivity contribution in [1.29, 1.82) is 5.26 Å². The number of aliphatic imine (C=N–C) groups is 1. The monoisotopic (exact) mass is 270 g/mol. The maximum absolute atomic E-state index is 8.85. The number of nitrogens with zero attached hydrogens (tertiary/aromatic N) is 3. The molecular weight excluding hydrogens is 252 g/mol. The molecule has 3 atom stereocenters. The van der Waals surface area contributed by atoms with Gasteiger partial charge in [0.05, 0.1) is 17.9 Å². The van der Waals surface area contributed by atoms with Gasteiger partial charge >= 0.3 is 0 Å². The van der Waals surface area contributed by atoms with Crippen LogP contribution in [0.1, 0.15) is 25.7 Å². The van der Waals surface area contributed by atoms with E-state index in [2.05, 4.69) is 20.6 Å². The number of guanidine groups is 1. The van der Waals surface area contributed by atoms with E-state index in [1.54, 1.807) is 12.3 Å². The van der Waals surface area contributed by atoms with Crippen LogP contribution in [0.25, 0.3) is 0 Å². The van der Waals surface area contributed by atoms with Crippen molar-refractivity contribution in [1.82, 2.24) is 10.3 Å². The molecule has 1 aromatic heterocycles. The summed E-state index contributed by atoms with van der Waals surface area (Å²) in [6.45, 7) is 0. The van der Waals surface area contributed by atoms with Gasteiger partial charge in [-0.3, -0.25) is 5.32 Å². The Labute approximate surface area is 118 Å². The number of aromatic nitrogens is 1. The van der Waals surface area contributed by atoms with Crippen LogP contribution >= 0.6 is 0 Å². The topological polar surface area (TPSA) is 99.1 Å². The zero-order chi connectivity index (χ0) is 13.9. The summed E-state index contributed by atoms with van der Waals surface area (Å²) >= 11 is 0. The Hall–Kier alpha value is -2.29. The standard InChI is InChI=1S/C14H18N6/c15-8-18-14(19-11-3-4-13(16)17-7-11)20-12-6-9-1-2-10(12)5-9/h3-4,7,9-10,12H,1-2,5-6H2,(H2,16,17)(H2,18,19,20)/t9-,10+,12-/m1/s1. The van der Waals surface area contributed by atoms with Crippen molar-refractivity contribution in [3.05, 3.63) is 18.3 Å². The summed E-state index contributed by atoms with van der Waals surface area (Å²) in [5.41, 5.74) is 6.32. The van der Waals surface area contributed by atoms with Gasteiger partial charge in [0.15, 0.2) is 6.19 Å². The first kappa shape index (κ1) is 12.7. The van der Waals surface area contributed by atoms with Crippen molar-refractivity contribution in [3.63, 3.8) is 0 Å². The number of hydrogen-bond donors (Lipinski definition) is 3. The van der Waals surface area contributed by atoms with E-state index in [1.165, 1.54) is 19.3 Å². The van der Waals surface area contributed by atoms with Gasteiger partial charge < -0.3 is 11.1 Å². The lowest BCUT2D eigenvalue weighted by atomic mass is 9.96. The summed E-state index contributed by atoms with van der Waals surface area (Å²) in [7, 11) is 0. The van der Waals surface area contributed by atoms with Crippen LogP contribution in [0.3, 0.4) is 0 Å². The first-order chi connectivity index (χ1) is 9.74. The second kappa shape index (κ2) is 5.37. The molecule has 20 heavy (non-hydrogen) atoms. The highest BCUT2D eigenvalue weighted by molar-refractivity contribution is 5.94. The highest BCUT2D eigenvalue weighted by Crippen LogP contribution is 2.45. The van der Waals surface area contributed by atoms with E-state index in [0.717, 1.165) is 18.0 Å². The Morgan fingerprint density at radius 3 is 2.90 bits per heavy atom. The number of rotatable bonds is 2. The van der Waals surface area contributed by atoms with Crippen molar-refractivity contribution < 1.29 is 0 Å². The fraction of sp³-hybridized carbons (Fsp3) is 0.500. The third-order valence-electron chi connectivity index (χ3n) is 4.22. The predicted octanol–water partition coefficient (Wildman–Crippen LogP) is 1.69. The molecule has 0 aliphatic heterocycles. The first-order valence-corrected chi connectivity index (χ1v) is 6.96. The Kier molecular flexibility index (Phi) is 3.42. The summed E-state index contributed by atoms with van der Waals surface area (Å²) < 4.78 is 0. The molecule has 0 amide bonds. The molecule has 0 saturated heterocycles.